The number of sulfone groups is 1. The van der Waals surface area contributed by atoms with E-state index in [9.17, 15) is 22.8 Å². The largest absolute Gasteiger partial charge is 0.275 e. The molecule has 0 saturated carbocycles. The monoisotopic (exact) mass is 378 g/mol. The zero-order valence-corrected chi connectivity index (χ0v) is 14.7. The first kappa shape index (κ1) is 18.1. The highest BCUT2D eigenvalue weighted by Gasteiger charge is 2.29. The molecule has 2 aromatic rings. The minimum absolute atomic E-state index is 0.00916. The van der Waals surface area contributed by atoms with E-state index >= 15 is 0 Å². The van der Waals surface area contributed by atoms with E-state index in [2.05, 4.69) is 16.0 Å². The molecule has 1 aromatic carbocycles. The van der Waals surface area contributed by atoms with E-state index in [0.29, 0.717) is 17.2 Å². The molecule has 1 aromatic heterocycles. The van der Waals surface area contributed by atoms with E-state index in [1.54, 1.807) is 24.3 Å². The summed E-state index contributed by atoms with van der Waals surface area (Å²) in [4.78, 5) is 36.0. The standard InChI is InChI=1S/C16H18N4O5S/c21-14(7-11-5-6-26(24,25)10-11)18-19-15(22)9-20-16(23)13-4-2-1-3-12(13)8-17-20/h1-4,8,11H,5-7,9-10H2,(H,18,21)(H,19,22). The normalized spacial score (nSPS) is 18.5. The molecule has 138 valence electrons. The van der Waals surface area contributed by atoms with Crippen molar-refractivity contribution in [3.63, 3.8) is 0 Å². The van der Waals surface area contributed by atoms with Gasteiger partial charge in [-0.05, 0) is 18.4 Å². The topological polar surface area (TPSA) is 127 Å². The third kappa shape index (κ3) is 4.26. The van der Waals surface area contributed by atoms with Crippen LogP contribution < -0.4 is 16.4 Å². The molecule has 2 N–H and O–H groups in total. The lowest BCUT2D eigenvalue weighted by molar-refractivity contribution is -0.129. The van der Waals surface area contributed by atoms with Crippen molar-refractivity contribution in [1.29, 1.82) is 0 Å². The molecule has 1 fully saturated rings. The maximum Gasteiger partial charge on any atom is 0.275 e. The third-order valence-corrected chi connectivity index (χ3v) is 6.03. The maximum atomic E-state index is 12.3. The van der Waals surface area contributed by atoms with Gasteiger partial charge in [-0.25, -0.2) is 13.1 Å². The van der Waals surface area contributed by atoms with Crippen LogP contribution in [0.2, 0.25) is 0 Å². The molecule has 2 heterocycles. The number of hydrogen-bond acceptors (Lipinski definition) is 6. The summed E-state index contributed by atoms with van der Waals surface area (Å²) in [6, 6.07) is 6.89. The van der Waals surface area contributed by atoms with Gasteiger partial charge in [0.2, 0.25) is 5.91 Å². The number of rotatable bonds is 4. The van der Waals surface area contributed by atoms with Gasteiger partial charge in [-0.1, -0.05) is 18.2 Å². The molecule has 1 saturated heterocycles. The van der Waals surface area contributed by atoms with Crippen LogP contribution in [0.5, 0.6) is 0 Å². The second kappa shape index (κ2) is 7.24. The Morgan fingerprint density at radius 3 is 2.65 bits per heavy atom. The highest BCUT2D eigenvalue weighted by molar-refractivity contribution is 7.91. The summed E-state index contributed by atoms with van der Waals surface area (Å²) in [6.07, 6.45) is 1.96. The molecule has 0 spiro atoms. The van der Waals surface area contributed by atoms with Crippen molar-refractivity contribution in [2.24, 2.45) is 5.92 Å². The third-order valence-electron chi connectivity index (χ3n) is 4.20. The summed E-state index contributed by atoms with van der Waals surface area (Å²) < 4.78 is 23.8. The first-order valence-electron chi connectivity index (χ1n) is 8.07. The molecular formula is C16H18N4O5S. The summed E-state index contributed by atoms with van der Waals surface area (Å²) in [7, 11) is -3.05. The summed E-state index contributed by atoms with van der Waals surface area (Å²) in [5.41, 5.74) is 4.05. The number of fused-ring (bicyclic) bond motifs is 1. The molecule has 2 amide bonds. The van der Waals surface area contributed by atoms with Gasteiger partial charge in [0, 0.05) is 11.8 Å². The number of amides is 2. The lowest BCUT2D eigenvalue weighted by Gasteiger charge is -2.10. The Morgan fingerprint density at radius 1 is 1.19 bits per heavy atom. The van der Waals surface area contributed by atoms with E-state index in [0.717, 1.165) is 4.68 Å². The summed E-state index contributed by atoms with van der Waals surface area (Å²) in [5.74, 6) is -1.23. The lowest BCUT2D eigenvalue weighted by Crippen LogP contribution is -2.45. The van der Waals surface area contributed by atoms with Gasteiger partial charge in [-0.3, -0.25) is 25.2 Å². The highest BCUT2D eigenvalue weighted by Crippen LogP contribution is 2.21. The molecule has 0 bridgehead atoms. The van der Waals surface area contributed by atoms with Crippen molar-refractivity contribution in [1.82, 2.24) is 20.6 Å². The fourth-order valence-electron chi connectivity index (χ4n) is 2.90. The second-order valence-electron chi connectivity index (χ2n) is 6.26. The van der Waals surface area contributed by atoms with Gasteiger partial charge >= 0.3 is 0 Å². The lowest BCUT2D eigenvalue weighted by atomic mass is 10.1. The number of carbonyl (C=O) groups is 2. The molecule has 1 aliphatic heterocycles. The number of nitrogens with one attached hydrogen (secondary N) is 2. The molecule has 0 radical (unpaired) electrons. The highest BCUT2D eigenvalue weighted by atomic mass is 32.2. The van der Waals surface area contributed by atoms with Gasteiger partial charge in [0.25, 0.3) is 11.5 Å². The van der Waals surface area contributed by atoms with Gasteiger partial charge in [0.1, 0.15) is 6.54 Å². The fourth-order valence-corrected chi connectivity index (χ4v) is 4.76. The van der Waals surface area contributed by atoms with Gasteiger partial charge in [0.15, 0.2) is 9.84 Å². The SMILES string of the molecule is O=C(CC1CCS(=O)(=O)C1)NNC(=O)Cn1ncc2ccccc2c1=O. The quantitative estimate of drug-likeness (QED) is 0.682. The van der Waals surface area contributed by atoms with E-state index in [1.165, 1.54) is 6.20 Å². The van der Waals surface area contributed by atoms with Gasteiger partial charge in [0.05, 0.1) is 23.1 Å². The van der Waals surface area contributed by atoms with Crippen molar-refractivity contribution in [3.8, 4) is 0 Å². The van der Waals surface area contributed by atoms with E-state index in [-0.39, 0.29) is 30.4 Å². The number of hydrogen-bond donors (Lipinski definition) is 2. The number of benzene rings is 1. The number of nitrogens with zero attached hydrogens (tertiary/aromatic N) is 2. The molecular weight excluding hydrogens is 360 g/mol. The zero-order chi connectivity index (χ0) is 18.7. The van der Waals surface area contributed by atoms with Crippen LogP contribution >= 0.6 is 0 Å². The van der Waals surface area contributed by atoms with Crippen molar-refractivity contribution >= 4 is 32.4 Å². The second-order valence-corrected chi connectivity index (χ2v) is 8.49. The Labute approximate surface area is 149 Å². The maximum absolute atomic E-state index is 12.3. The Balaban J connectivity index is 1.54. The Morgan fingerprint density at radius 2 is 1.92 bits per heavy atom. The van der Waals surface area contributed by atoms with Crippen LogP contribution in [0.3, 0.4) is 0 Å². The first-order chi connectivity index (χ1) is 12.3. The van der Waals surface area contributed by atoms with Crippen LogP contribution in [0.1, 0.15) is 12.8 Å². The summed E-state index contributed by atoms with van der Waals surface area (Å²) in [5, 5.41) is 5.06. The van der Waals surface area contributed by atoms with Crippen molar-refractivity contribution in [2.45, 2.75) is 19.4 Å². The zero-order valence-electron chi connectivity index (χ0n) is 13.8. The smallest absolute Gasteiger partial charge is 0.273 e. The molecule has 10 heteroatoms. The fraction of sp³-hybridized carbons (Fsp3) is 0.375. The van der Waals surface area contributed by atoms with Crippen LogP contribution in [0, 0.1) is 5.92 Å². The van der Waals surface area contributed by atoms with Crippen molar-refractivity contribution in [2.75, 3.05) is 11.5 Å². The van der Waals surface area contributed by atoms with Crippen molar-refractivity contribution in [3.05, 3.63) is 40.8 Å². The Kier molecular flexibility index (Phi) is 5.03. The molecule has 9 nitrogen and oxygen atoms in total. The van der Waals surface area contributed by atoms with E-state index in [1.807, 2.05) is 0 Å². The van der Waals surface area contributed by atoms with Gasteiger partial charge < -0.3 is 0 Å². The van der Waals surface area contributed by atoms with Crippen LogP contribution in [-0.4, -0.2) is 41.5 Å². The predicted molar refractivity (Wildman–Crippen MR) is 93.7 cm³/mol. The average molecular weight is 378 g/mol. The molecule has 1 unspecified atom stereocenters. The number of hydrazine groups is 1. The molecule has 0 aliphatic carbocycles. The molecule has 1 aliphatic rings. The minimum Gasteiger partial charge on any atom is -0.273 e. The van der Waals surface area contributed by atoms with Gasteiger partial charge in [-0.2, -0.15) is 5.10 Å². The van der Waals surface area contributed by atoms with Gasteiger partial charge in [-0.15, -0.1) is 0 Å². The Bertz CT molecular complexity index is 1010. The van der Waals surface area contributed by atoms with Crippen LogP contribution in [-0.2, 0) is 26.0 Å². The summed E-state index contributed by atoms with van der Waals surface area (Å²) in [6.45, 7) is -0.345. The number of aromatic nitrogens is 2. The van der Waals surface area contributed by atoms with Crippen molar-refractivity contribution < 1.29 is 18.0 Å². The van der Waals surface area contributed by atoms with E-state index in [4.69, 9.17) is 0 Å². The van der Waals surface area contributed by atoms with Crippen LogP contribution in [0.15, 0.2) is 35.3 Å². The van der Waals surface area contributed by atoms with Crippen LogP contribution in [0.4, 0.5) is 0 Å². The molecule has 3 rings (SSSR count). The van der Waals surface area contributed by atoms with Crippen LogP contribution in [0.25, 0.3) is 10.8 Å². The molecule has 1 atom stereocenters. The molecule has 26 heavy (non-hydrogen) atoms. The summed E-state index contributed by atoms with van der Waals surface area (Å²) >= 11 is 0. The average Bonchev–Trinajstić information content (AvgIpc) is 2.94. The Hall–Kier alpha value is -2.75. The van der Waals surface area contributed by atoms with E-state index < -0.39 is 27.2 Å². The number of carbonyl (C=O) groups excluding carboxylic acids is 2. The predicted octanol–water partition coefficient (Wildman–Crippen LogP) is -0.631. The minimum atomic E-state index is -3.05. The first-order valence-corrected chi connectivity index (χ1v) is 9.89.